The number of carbonyl (C=O) groups is 1. The molecule has 1 amide bonds. The molecule has 0 bridgehead atoms. The van der Waals surface area contributed by atoms with Gasteiger partial charge in [-0.05, 0) is 55.1 Å². The fraction of sp³-hybridized carbons (Fsp3) is 0.381. The van der Waals surface area contributed by atoms with Gasteiger partial charge in [-0.15, -0.1) is 0 Å². The fourth-order valence-corrected chi connectivity index (χ4v) is 3.63. The molecule has 132 valence electrons. The van der Waals surface area contributed by atoms with Crippen LogP contribution in [0.5, 0.6) is 0 Å². The van der Waals surface area contributed by atoms with Crippen LogP contribution in [0.4, 0.5) is 0 Å². The van der Waals surface area contributed by atoms with Crippen molar-refractivity contribution in [2.75, 3.05) is 20.1 Å². The molecule has 1 atom stereocenters. The number of amides is 1. The number of halogens is 1. The van der Waals surface area contributed by atoms with E-state index in [9.17, 15) is 4.79 Å². The van der Waals surface area contributed by atoms with Gasteiger partial charge in [-0.25, -0.2) is 0 Å². The Balaban J connectivity index is 1.63. The predicted molar refractivity (Wildman–Crippen MR) is 103 cm³/mol. The molecule has 2 aromatic rings. The summed E-state index contributed by atoms with van der Waals surface area (Å²) in [6.07, 6.45) is 2.22. The van der Waals surface area contributed by atoms with Crippen LogP contribution in [0.1, 0.15) is 35.6 Å². The summed E-state index contributed by atoms with van der Waals surface area (Å²) >= 11 is 6.00. The van der Waals surface area contributed by atoms with Crippen molar-refractivity contribution < 1.29 is 4.79 Å². The molecule has 3 nitrogen and oxygen atoms in total. The van der Waals surface area contributed by atoms with E-state index in [1.54, 1.807) is 0 Å². The average molecular weight is 357 g/mol. The number of nitrogens with zero attached hydrogens (tertiary/aromatic N) is 2. The van der Waals surface area contributed by atoms with Crippen LogP contribution in [-0.2, 0) is 11.3 Å². The van der Waals surface area contributed by atoms with Crippen LogP contribution in [-0.4, -0.2) is 35.8 Å². The van der Waals surface area contributed by atoms with Crippen LogP contribution in [0, 0.1) is 6.92 Å². The van der Waals surface area contributed by atoms with E-state index in [1.807, 2.05) is 36.2 Å². The standard InChI is InChI=1S/C21H25ClN2O/c1-16-6-3-4-7-18(16)14-23(2)21(25)15-24-13-5-8-20(24)17-9-11-19(22)12-10-17/h3-4,6-7,9-12,20H,5,8,13-15H2,1-2H3. The maximum Gasteiger partial charge on any atom is 0.236 e. The minimum absolute atomic E-state index is 0.170. The summed E-state index contributed by atoms with van der Waals surface area (Å²) in [5, 5.41) is 0.752. The average Bonchev–Trinajstić information content (AvgIpc) is 3.05. The second-order valence-electron chi connectivity index (χ2n) is 6.86. The third kappa shape index (κ3) is 4.42. The topological polar surface area (TPSA) is 23.6 Å². The zero-order chi connectivity index (χ0) is 17.8. The number of rotatable bonds is 5. The summed E-state index contributed by atoms with van der Waals surface area (Å²) in [5.41, 5.74) is 3.67. The second kappa shape index (κ2) is 8.03. The Bertz CT molecular complexity index is 729. The third-order valence-corrected chi connectivity index (χ3v) is 5.30. The molecule has 4 heteroatoms. The minimum Gasteiger partial charge on any atom is -0.340 e. The van der Waals surface area contributed by atoms with Gasteiger partial charge in [-0.3, -0.25) is 9.69 Å². The Kier molecular flexibility index (Phi) is 5.77. The van der Waals surface area contributed by atoms with Gasteiger partial charge in [0.2, 0.25) is 5.91 Å². The maximum atomic E-state index is 12.7. The van der Waals surface area contributed by atoms with E-state index in [2.05, 4.69) is 36.1 Å². The van der Waals surface area contributed by atoms with Gasteiger partial charge in [0.25, 0.3) is 0 Å². The molecular formula is C21H25ClN2O. The summed E-state index contributed by atoms with van der Waals surface area (Å²) in [6.45, 7) is 4.18. The molecule has 0 N–H and O–H groups in total. The molecule has 0 aliphatic carbocycles. The smallest absolute Gasteiger partial charge is 0.236 e. The Labute approximate surface area is 155 Å². The molecule has 1 fully saturated rings. The van der Waals surface area contributed by atoms with E-state index in [0.717, 1.165) is 24.4 Å². The van der Waals surface area contributed by atoms with Crippen LogP contribution in [0.25, 0.3) is 0 Å². The lowest BCUT2D eigenvalue weighted by atomic mass is 10.0. The number of likely N-dealkylation sites (tertiary alicyclic amines) is 1. The normalized spacial score (nSPS) is 17.6. The van der Waals surface area contributed by atoms with Crippen molar-refractivity contribution in [2.45, 2.75) is 32.4 Å². The first-order valence-corrected chi connectivity index (χ1v) is 9.20. The number of carbonyl (C=O) groups excluding carboxylic acids is 1. The van der Waals surface area contributed by atoms with Crippen molar-refractivity contribution in [2.24, 2.45) is 0 Å². The number of hydrogen-bond acceptors (Lipinski definition) is 2. The highest BCUT2D eigenvalue weighted by molar-refractivity contribution is 6.30. The molecule has 1 saturated heterocycles. The number of aryl methyl sites for hydroxylation is 1. The van der Waals surface area contributed by atoms with Crippen molar-refractivity contribution in [3.8, 4) is 0 Å². The molecule has 1 aliphatic rings. The van der Waals surface area contributed by atoms with E-state index in [-0.39, 0.29) is 5.91 Å². The molecular weight excluding hydrogens is 332 g/mol. The number of likely N-dealkylation sites (N-methyl/N-ethyl adjacent to an activating group) is 1. The van der Waals surface area contributed by atoms with Crippen molar-refractivity contribution in [1.82, 2.24) is 9.80 Å². The number of benzene rings is 2. The first kappa shape index (κ1) is 18.0. The van der Waals surface area contributed by atoms with E-state index < -0.39 is 0 Å². The molecule has 25 heavy (non-hydrogen) atoms. The molecule has 1 unspecified atom stereocenters. The van der Waals surface area contributed by atoms with Gasteiger partial charge in [0.05, 0.1) is 6.54 Å². The summed E-state index contributed by atoms with van der Waals surface area (Å²) in [4.78, 5) is 16.8. The number of hydrogen-bond donors (Lipinski definition) is 0. The van der Waals surface area contributed by atoms with Gasteiger partial charge < -0.3 is 4.90 Å². The summed E-state index contributed by atoms with van der Waals surface area (Å²) in [5.74, 6) is 0.170. The molecule has 1 aliphatic heterocycles. The van der Waals surface area contributed by atoms with E-state index in [0.29, 0.717) is 19.1 Å². The van der Waals surface area contributed by atoms with E-state index in [4.69, 9.17) is 11.6 Å². The monoisotopic (exact) mass is 356 g/mol. The second-order valence-corrected chi connectivity index (χ2v) is 7.29. The predicted octanol–water partition coefficient (Wildman–Crippen LogP) is 4.44. The van der Waals surface area contributed by atoms with Gasteiger partial charge >= 0.3 is 0 Å². The first-order valence-electron chi connectivity index (χ1n) is 8.82. The Morgan fingerprint density at radius 2 is 1.92 bits per heavy atom. The van der Waals surface area contributed by atoms with E-state index in [1.165, 1.54) is 16.7 Å². The van der Waals surface area contributed by atoms with Gasteiger partial charge in [0, 0.05) is 24.7 Å². The van der Waals surface area contributed by atoms with Crippen LogP contribution in [0.3, 0.4) is 0 Å². The van der Waals surface area contributed by atoms with Crippen LogP contribution in [0.2, 0.25) is 5.02 Å². The SMILES string of the molecule is Cc1ccccc1CN(C)C(=O)CN1CCCC1c1ccc(Cl)cc1. The zero-order valence-electron chi connectivity index (χ0n) is 14.9. The van der Waals surface area contributed by atoms with Crippen molar-refractivity contribution in [3.63, 3.8) is 0 Å². The summed E-state index contributed by atoms with van der Waals surface area (Å²) in [7, 11) is 1.89. The van der Waals surface area contributed by atoms with Gasteiger partial charge in [0.15, 0.2) is 0 Å². The van der Waals surface area contributed by atoms with Gasteiger partial charge in [-0.1, -0.05) is 48.0 Å². The first-order chi connectivity index (χ1) is 12.0. The highest BCUT2D eigenvalue weighted by Crippen LogP contribution is 2.32. The fourth-order valence-electron chi connectivity index (χ4n) is 3.50. The largest absolute Gasteiger partial charge is 0.340 e. The molecule has 0 aromatic heterocycles. The van der Waals surface area contributed by atoms with Crippen molar-refractivity contribution >= 4 is 17.5 Å². The molecule has 0 saturated carbocycles. The summed E-state index contributed by atoms with van der Waals surface area (Å²) < 4.78 is 0. The highest BCUT2D eigenvalue weighted by Gasteiger charge is 2.28. The molecule has 0 spiro atoms. The minimum atomic E-state index is 0.170. The Morgan fingerprint density at radius 1 is 1.20 bits per heavy atom. The van der Waals surface area contributed by atoms with Crippen LogP contribution < -0.4 is 0 Å². The third-order valence-electron chi connectivity index (χ3n) is 5.05. The molecule has 3 rings (SSSR count). The molecule has 0 radical (unpaired) electrons. The van der Waals surface area contributed by atoms with E-state index >= 15 is 0 Å². The molecule has 1 heterocycles. The van der Waals surface area contributed by atoms with Crippen molar-refractivity contribution in [1.29, 1.82) is 0 Å². The van der Waals surface area contributed by atoms with Crippen molar-refractivity contribution in [3.05, 3.63) is 70.2 Å². The molecule has 2 aromatic carbocycles. The lowest BCUT2D eigenvalue weighted by molar-refractivity contribution is -0.131. The lowest BCUT2D eigenvalue weighted by Crippen LogP contribution is -2.38. The van der Waals surface area contributed by atoms with Crippen LogP contribution in [0.15, 0.2) is 48.5 Å². The Morgan fingerprint density at radius 3 is 2.64 bits per heavy atom. The maximum absolute atomic E-state index is 12.7. The quantitative estimate of drug-likeness (QED) is 0.790. The lowest BCUT2D eigenvalue weighted by Gasteiger charge is -2.27. The van der Waals surface area contributed by atoms with Gasteiger partial charge in [-0.2, -0.15) is 0 Å². The highest BCUT2D eigenvalue weighted by atomic mass is 35.5. The summed E-state index contributed by atoms with van der Waals surface area (Å²) in [6, 6.07) is 16.6. The van der Waals surface area contributed by atoms with Gasteiger partial charge in [0.1, 0.15) is 0 Å². The Hall–Kier alpha value is -1.84. The van der Waals surface area contributed by atoms with Crippen LogP contribution >= 0.6 is 11.6 Å². The zero-order valence-corrected chi connectivity index (χ0v) is 15.7.